The van der Waals surface area contributed by atoms with Crippen LogP contribution in [0.3, 0.4) is 0 Å². The minimum Gasteiger partial charge on any atom is -0.379 e. The fourth-order valence-electron chi connectivity index (χ4n) is 1.89. The summed E-state index contributed by atoms with van der Waals surface area (Å²) in [6, 6.07) is 5.57. The number of aromatic nitrogens is 2. The fraction of sp³-hybridized carbons (Fsp3) is 0.214. The van der Waals surface area contributed by atoms with Crippen LogP contribution in [-0.4, -0.2) is 23.3 Å². The summed E-state index contributed by atoms with van der Waals surface area (Å²) in [5.74, 6) is -0.362. The van der Waals surface area contributed by atoms with Crippen molar-refractivity contribution in [1.82, 2.24) is 9.13 Å². The SMILES string of the molecule is CC(=O)c1cccc(OS(=O)(=O)c2cn(C)c(=O)n(C)c2=O)c1. The van der Waals surface area contributed by atoms with Crippen LogP contribution in [0.1, 0.15) is 17.3 Å². The first-order valence-corrected chi connectivity index (χ1v) is 7.86. The number of hydrogen-bond donors (Lipinski definition) is 0. The van der Waals surface area contributed by atoms with E-state index in [-0.39, 0.29) is 17.1 Å². The Kier molecular flexibility index (Phi) is 4.24. The van der Waals surface area contributed by atoms with Crippen LogP contribution >= 0.6 is 0 Å². The van der Waals surface area contributed by atoms with E-state index in [0.29, 0.717) is 4.57 Å². The first-order chi connectivity index (χ1) is 10.6. The molecule has 0 bridgehead atoms. The first kappa shape index (κ1) is 16.7. The zero-order valence-electron chi connectivity index (χ0n) is 12.6. The van der Waals surface area contributed by atoms with Gasteiger partial charge in [-0.2, -0.15) is 8.42 Å². The standard InChI is InChI=1S/C14H14N2O6S/c1-9(17)10-5-4-6-11(7-10)22-23(20,21)12-8-15(2)14(19)16(3)13(12)18/h4-8H,1-3H3. The molecule has 0 atom stereocenters. The molecule has 0 fully saturated rings. The van der Waals surface area contributed by atoms with E-state index >= 15 is 0 Å². The summed E-state index contributed by atoms with van der Waals surface area (Å²) in [6.07, 6.45) is 0.898. The van der Waals surface area contributed by atoms with Crippen LogP contribution in [0.2, 0.25) is 0 Å². The second kappa shape index (κ2) is 5.84. The van der Waals surface area contributed by atoms with Crippen molar-refractivity contribution >= 4 is 15.9 Å². The highest BCUT2D eigenvalue weighted by Gasteiger charge is 2.24. The number of aryl methyl sites for hydroxylation is 1. The Morgan fingerprint density at radius 3 is 2.43 bits per heavy atom. The van der Waals surface area contributed by atoms with Gasteiger partial charge < -0.3 is 8.75 Å². The Labute approximate surface area is 131 Å². The van der Waals surface area contributed by atoms with E-state index in [9.17, 15) is 22.8 Å². The molecule has 2 aromatic rings. The molecule has 0 saturated heterocycles. The average Bonchev–Trinajstić information content (AvgIpc) is 2.48. The van der Waals surface area contributed by atoms with Crippen molar-refractivity contribution < 1.29 is 17.4 Å². The molecule has 23 heavy (non-hydrogen) atoms. The van der Waals surface area contributed by atoms with Crippen molar-refractivity contribution in [3.05, 3.63) is 56.9 Å². The van der Waals surface area contributed by atoms with Crippen molar-refractivity contribution in [2.45, 2.75) is 11.8 Å². The van der Waals surface area contributed by atoms with Gasteiger partial charge in [-0.15, -0.1) is 0 Å². The molecule has 0 unspecified atom stereocenters. The van der Waals surface area contributed by atoms with Crippen LogP contribution in [0.25, 0.3) is 0 Å². The van der Waals surface area contributed by atoms with Gasteiger partial charge in [0.2, 0.25) is 0 Å². The van der Waals surface area contributed by atoms with Crippen LogP contribution in [-0.2, 0) is 24.2 Å². The lowest BCUT2D eigenvalue weighted by molar-refractivity contribution is 0.101. The second-order valence-electron chi connectivity index (χ2n) is 4.87. The van der Waals surface area contributed by atoms with Crippen molar-refractivity contribution in [2.75, 3.05) is 0 Å². The third-order valence-corrected chi connectivity index (χ3v) is 4.36. The van der Waals surface area contributed by atoms with Gasteiger partial charge in [-0.05, 0) is 19.1 Å². The summed E-state index contributed by atoms with van der Waals surface area (Å²) in [5.41, 5.74) is -1.38. The smallest absolute Gasteiger partial charge is 0.346 e. The third-order valence-electron chi connectivity index (χ3n) is 3.13. The number of Topliss-reactive ketones (excluding diaryl/α,β-unsaturated/α-hetero) is 1. The van der Waals surface area contributed by atoms with E-state index in [1.807, 2.05) is 0 Å². The highest BCUT2D eigenvalue weighted by molar-refractivity contribution is 7.87. The number of hydrogen-bond acceptors (Lipinski definition) is 6. The summed E-state index contributed by atoms with van der Waals surface area (Å²) in [4.78, 5) is 34.2. The predicted octanol–water partition coefficient (Wildman–Crippen LogP) is 0.0543. The summed E-state index contributed by atoms with van der Waals surface area (Å²) in [7, 11) is -1.97. The maximum Gasteiger partial charge on any atom is 0.346 e. The summed E-state index contributed by atoms with van der Waals surface area (Å²) in [5, 5.41) is 0. The molecule has 0 aliphatic rings. The molecule has 2 rings (SSSR count). The minimum absolute atomic E-state index is 0.103. The summed E-state index contributed by atoms with van der Waals surface area (Å²) >= 11 is 0. The van der Waals surface area contributed by atoms with Crippen molar-refractivity contribution in [1.29, 1.82) is 0 Å². The predicted molar refractivity (Wildman–Crippen MR) is 81.2 cm³/mol. The van der Waals surface area contributed by atoms with Gasteiger partial charge in [-0.25, -0.2) is 4.79 Å². The molecular weight excluding hydrogens is 324 g/mol. The average molecular weight is 338 g/mol. The fourth-order valence-corrected chi connectivity index (χ4v) is 2.97. The van der Waals surface area contributed by atoms with Crippen molar-refractivity contribution in [3.63, 3.8) is 0 Å². The number of rotatable bonds is 4. The van der Waals surface area contributed by atoms with Crippen LogP contribution in [0.15, 0.2) is 44.9 Å². The molecule has 0 saturated carbocycles. The molecule has 0 N–H and O–H groups in total. The third kappa shape index (κ3) is 3.24. The van der Waals surface area contributed by atoms with E-state index in [1.54, 1.807) is 0 Å². The molecule has 1 heterocycles. The highest BCUT2D eigenvalue weighted by Crippen LogP contribution is 2.18. The largest absolute Gasteiger partial charge is 0.379 e. The zero-order valence-corrected chi connectivity index (χ0v) is 13.5. The molecule has 0 aliphatic carbocycles. The quantitative estimate of drug-likeness (QED) is 0.576. The van der Waals surface area contributed by atoms with E-state index in [0.717, 1.165) is 10.8 Å². The van der Waals surface area contributed by atoms with Gasteiger partial charge in [-0.1, -0.05) is 12.1 Å². The Hall–Kier alpha value is -2.68. The Bertz CT molecular complexity index is 1000. The van der Waals surface area contributed by atoms with Crippen molar-refractivity contribution in [2.24, 2.45) is 14.1 Å². The number of ketones is 1. The van der Waals surface area contributed by atoms with Gasteiger partial charge in [0.15, 0.2) is 10.7 Å². The second-order valence-corrected chi connectivity index (χ2v) is 6.39. The van der Waals surface area contributed by atoms with E-state index in [1.165, 1.54) is 45.3 Å². The molecule has 1 aromatic carbocycles. The molecule has 122 valence electrons. The molecule has 1 aromatic heterocycles. The Morgan fingerprint density at radius 1 is 1.17 bits per heavy atom. The lowest BCUT2D eigenvalue weighted by Crippen LogP contribution is -2.39. The van der Waals surface area contributed by atoms with E-state index < -0.39 is 26.3 Å². The van der Waals surface area contributed by atoms with E-state index in [4.69, 9.17) is 4.18 Å². The Balaban J connectivity index is 2.53. The summed E-state index contributed by atoms with van der Waals surface area (Å²) < 4.78 is 31.1. The molecular formula is C14H14N2O6S. The van der Waals surface area contributed by atoms with Gasteiger partial charge in [0.1, 0.15) is 5.75 Å². The highest BCUT2D eigenvalue weighted by atomic mass is 32.2. The lowest BCUT2D eigenvalue weighted by Gasteiger charge is -2.09. The minimum atomic E-state index is -4.45. The molecule has 0 radical (unpaired) electrons. The number of carbonyl (C=O) groups excluding carboxylic acids is 1. The molecule has 0 spiro atoms. The van der Waals surface area contributed by atoms with Crippen LogP contribution in [0, 0.1) is 0 Å². The van der Waals surface area contributed by atoms with Crippen LogP contribution in [0.4, 0.5) is 0 Å². The summed E-state index contributed by atoms with van der Waals surface area (Å²) in [6.45, 7) is 1.33. The lowest BCUT2D eigenvalue weighted by atomic mass is 10.1. The van der Waals surface area contributed by atoms with Crippen LogP contribution in [0.5, 0.6) is 5.75 Å². The van der Waals surface area contributed by atoms with E-state index in [2.05, 4.69) is 0 Å². The van der Waals surface area contributed by atoms with Crippen molar-refractivity contribution in [3.8, 4) is 5.75 Å². The molecule has 0 amide bonds. The van der Waals surface area contributed by atoms with Gasteiger partial charge in [-0.3, -0.25) is 14.2 Å². The van der Waals surface area contributed by atoms with Crippen LogP contribution < -0.4 is 15.4 Å². The molecule has 9 heteroatoms. The van der Waals surface area contributed by atoms with Gasteiger partial charge in [0.05, 0.1) is 0 Å². The topological polar surface area (TPSA) is 104 Å². The Morgan fingerprint density at radius 2 is 1.83 bits per heavy atom. The monoisotopic (exact) mass is 338 g/mol. The normalized spacial score (nSPS) is 11.3. The van der Waals surface area contributed by atoms with Gasteiger partial charge >= 0.3 is 15.8 Å². The number of nitrogens with zero attached hydrogens (tertiary/aromatic N) is 2. The first-order valence-electron chi connectivity index (χ1n) is 6.45. The van der Waals surface area contributed by atoms with Gasteiger partial charge in [0, 0.05) is 25.9 Å². The van der Waals surface area contributed by atoms with Gasteiger partial charge in [0.25, 0.3) is 5.56 Å². The number of benzene rings is 1. The molecule has 8 nitrogen and oxygen atoms in total. The molecule has 0 aliphatic heterocycles. The maximum atomic E-state index is 12.3. The maximum absolute atomic E-state index is 12.3. The number of carbonyl (C=O) groups is 1. The zero-order chi connectivity index (χ0) is 17.4.